The van der Waals surface area contributed by atoms with Gasteiger partial charge in [0.2, 0.25) is 5.50 Å². The molecule has 1 unspecified atom stereocenters. The lowest BCUT2D eigenvalue weighted by Crippen LogP contribution is -2.14. The lowest BCUT2D eigenvalue weighted by Gasteiger charge is -2.12. The van der Waals surface area contributed by atoms with Gasteiger partial charge in [0, 0.05) is 4.88 Å². The minimum atomic E-state index is -3.62. The molecule has 3 rings (SSSR count). The Morgan fingerprint density at radius 2 is 1.96 bits per heavy atom. The van der Waals surface area contributed by atoms with Gasteiger partial charge in [0.25, 0.3) is 0 Å². The fourth-order valence-corrected chi connectivity index (χ4v) is 4.46. The molecule has 1 atom stereocenters. The molecule has 0 radical (unpaired) electrons. The van der Waals surface area contributed by atoms with Crippen molar-refractivity contribution in [3.05, 3.63) is 47.3 Å². The van der Waals surface area contributed by atoms with E-state index in [9.17, 15) is 4.57 Å². The Hall–Kier alpha value is -2.08. The first-order valence-corrected chi connectivity index (χ1v) is 10.4. The van der Waals surface area contributed by atoms with E-state index in [2.05, 4.69) is 18.8 Å². The van der Waals surface area contributed by atoms with Crippen molar-refractivity contribution < 1.29 is 13.5 Å². The minimum Gasteiger partial charge on any atom is -0.446 e. The highest BCUT2D eigenvalue weighted by Gasteiger charge is 2.28. The number of aromatic nitrogens is 1. The quantitative estimate of drug-likeness (QED) is 0.628. The third-order valence-electron chi connectivity index (χ3n) is 3.42. The average Bonchev–Trinajstić information content (AvgIpc) is 3.14. The molecule has 25 heavy (non-hydrogen) atoms. The second-order valence-corrected chi connectivity index (χ2v) is 8.99. The predicted molar refractivity (Wildman–Crippen MR) is 101 cm³/mol. The van der Waals surface area contributed by atoms with Crippen molar-refractivity contribution in [1.82, 2.24) is 4.98 Å². The molecule has 0 aliphatic rings. The Labute approximate surface area is 150 Å². The summed E-state index contributed by atoms with van der Waals surface area (Å²) in [5.41, 5.74) is 12.5. The van der Waals surface area contributed by atoms with Crippen LogP contribution in [0.1, 0.15) is 18.7 Å². The average molecular weight is 377 g/mol. The van der Waals surface area contributed by atoms with Crippen molar-refractivity contribution in [1.29, 1.82) is 0 Å². The summed E-state index contributed by atoms with van der Waals surface area (Å²) in [6.07, 6.45) is 0.834. The van der Waals surface area contributed by atoms with Gasteiger partial charge in [0.1, 0.15) is 11.4 Å². The van der Waals surface area contributed by atoms with Crippen LogP contribution in [-0.2, 0) is 11.0 Å². The molecule has 0 fully saturated rings. The topological polar surface area (TPSA) is 104 Å². The Bertz CT molecular complexity index is 905. The van der Waals surface area contributed by atoms with Crippen LogP contribution in [0.5, 0.6) is 5.75 Å². The van der Waals surface area contributed by atoms with Crippen LogP contribution in [-0.4, -0.2) is 4.98 Å². The van der Waals surface area contributed by atoms with Crippen molar-refractivity contribution >= 4 is 29.5 Å². The van der Waals surface area contributed by atoms with Crippen LogP contribution in [0.25, 0.3) is 11.5 Å². The van der Waals surface area contributed by atoms with Gasteiger partial charge in [-0.05, 0) is 36.6 Å². The molecule has 0 amide bonds. The zero-order valence-electron chi connectivity index (χ0n) is 14.0. The highest BCUT2D eigenvalue weighted by atomic mass is 32.1. The van der Waals surface area contributed by atoms with Crippen LogP contribution in [0, 0.1) is 5.92 Å². The summed E-state index contributed by atoms with van der Waals surface area (Å²) in [5.74, 6) is 1.36. The Morgan fingerprint density at radius 3 is 2.64 bits per heavy atom. The number of furan rings is 1. The van der Waals surface area contributed by atoms with Gasteiger partial charge >= 0.3 is 7.52 Å². The van der Waals surface area contributed by atoms with E-state index in [-0.39, 0.29) is 5.50 Å². The van der Waals surface area contributed by atoms with Gasteiger partial charge in [-0.15, -0.1) is 11.3 Å². The number of benzene rings is 1. The highest BCUT2D eigenvalue weighted by Crippen LogP contribution is 2.40. The summed E-state index contributed by atoms with van der Waals surface area (Å²) in [6, 6.07) is 12.0. The first kappa shape index (κ1) is 17.7. The molecule has 132 valence electrons. The molecular weight excluding hydrogens is 357 g/mol. The van der Waals surface area contributed by atoms with E-state index >= 15 is 0 Å². The van der Waals surface area contributed by atoms with Crippen molar-refractivity contribution in [2.45, 2.75) is 20.3 Å². The van der Waals surface area contributed by atoms with Crippen molar-refractivity contribution in [2.24, 2.45) is 11.4 Å². The van der Waals surface area contributed by atoms with Crippen LogP contribution in [0.4, 0.5) is 5.13 Å². The van der Waals surface area contributed by atoms with Crippen LogP contribution < -0.4 is 21.3 Å². The molecule has 2 heterocycles. The van der Waals surface area contributed by atoms with Crippen molar-refractivity contribution in [2.75, 3.05) is 5.73 Å². The molecule has 4 N–H and O–H groups in total. The van der Waals surface area contributed by atoms with E-state index in [1.165, 1.54) is 11.3 Å². The molecule has 0 bridgehead atoms. The molecule has 0 spiro atoms. The number of nitrogens with zero attached hydrogens (tertiary/aromatic N) is 1. The van der Waals surface area contributed by atoms with E-state index in [4.69, 9.17) is 20.2 Å². The maximum Gasteiger partial charge on any atom is 0.379 e. The maximum absolute atomic E-state index is 12.7. The van der Waals surface area contributed by atoms with Gasteiger partial charge < -0.3 is 14.7 Å². The first-order valence-electron chi connectivity index (χ1n) is 7.84. The molecule has 1 aromatic carbocycles. The number of anilines is 1. The smallest absolute Gasteiger partial charge is 0.379 e. The third kappa shape index (κ3) is 4.12. The van der Waals surface area contributed by atoms with Gasteiger partial charge in [-0.2, -0.15) is 0 Å². The third-order valence-corrected chi connectivity index (χ3v) is 5.67. The van der Waals surface area contributed by atoms with Crippen molar-refractivity contribution in [3.63, 3.8) is 0 Å². The van der Waals surface area contributed by atoms with Gasteiger partial charge in [0.15, 0.2) is 10.9 Å². The van der Waals surface area contributed by atoms with Crippen LogP contribution in [0.15, 0.2) is 46.9 Å². The molecule has 0 saturated heterocycles. The number of hydrogen-bond donors (Lipinski definition) is 2. The zero-order valence-corrected chi connectivity index (χ0v) is 15.7. The standard InChI is InChI=1S/C17H20N3O3PS/c1-11(2)10-14-16(20-17(18)25-14)13-8-9-15(22-13)24(19,21)23-12-6-4-3-5-7-12/h3-9,11H,10H2,1-2H3,(H2,18,20)(H2,19,21). The molecule has 3 aromatic rings. The van der Waals surface area contributed by atoms with Gasteiger partial charge in [0.05, 0.1) is 0 Å². The summed E-state index contributed by atoms with van der Waals surface area (Å²) in [5, 5.41) is 0.472. The second-order valence-electron chi connectivity index (χ2n) is 6.06. The van der Waals surface area contributed by atoms with E-state index in [0.29, 0.717) is 28.3 Å². The first-order chi connectivity index (χ1) is 11.8. The van der Waals surface area contributed by atoms with Crippen molar-refractivity contribution in [3.8, 4) is 17.2 Å². The molecule has 6 nitrogen and oxygen atoms in total. The molecule has 0 aliphatic carbocycles. The van der Waals surface area contributed by atoms with Crippen LogP contribution in [0.2, 0.25) is 0 Å². The molecule has 0 saturated carbocycles. The number of nitrogen functional groups attached to an aromatic ring is 1. The predicted octanol–water partition coefficient (Wildman–Crippen LogP) is 4.04. The van der Waals surface area contributed by atoms with E-state index in [1.54, 1.807) is 36.4 Å². The summed E-state index contributed by atoms with van der Waals surface area (Å²) in [7, 11) is -3.62. The largest absolute Gasteiger partial charge is 0.446 e. The number of hydrogen-bond acceptors (Lipinski definition) is 6. The lowest BCUT2D eigenvalue weighted by molar-refractivity contribution is 0.480. The van der Waals surface area contributed by atoms with Crippen LogP contribution in [0.3, 0.4) is 0 Å². The van der Waals surface area contributed by atoms with Gasteiger partial charge in [-0.25, -0.2) is 10.5 Å². The molecular formula is C17H20N3O3PS. The zero-order chi connectivity index (χ0) is 18.0. The SMILES string of the molecule is CC(C)Cc1sc(N)nc1-c1ccc(P(N)(=O)Oc2ccccc2)o1. The Kier molecular flexibility index (Phi) is 4.99. The lowest BCUT2D eigenvalue weighted by atomic mass is 10.1. The Balaban J connectivity index is 1.89. The number of rotatable bonds is 6. The fraction of sp³-hybridized carbons (Fsp3) is 0.235. The monoisotopic (exact) mass is 377 g/mol. The molecule has 0 aliphatic heterocycles. The van der Waals surface area contributed by atoms with E-state index in [1.807, 2.05) is 6.07 Å². The summed E-state index contributed by atoms with van der Waals surface area (Å²) in [4.78, 5) is 5.38. The van der Waals surface area contributed by atoms with Crippen LogP contribution >= 0.6 is 18.9 Å². The second kappa shape index (κ2) is 7.04. The van der Waals surface area contributed by atoms with Gasteiger partial charge in [-0.3, -0.25) is 4.57 Å². The summed E-state index contributed by atoms with van der Waals surface area (Å²) < 4.78 is 23.9. The molecule has 8 heteroatoms. The highest BCUT2D eigenvalue weighted by molar-refractivity contribution is 7.64. The Morgan fingerprint density at radius 1 is 1.24 bits per heavy atom. The summed E-state index contributed by atoms with van der Waals surface area (Å²) >= 11 is 1.43. The van der Waals surface area contributed by atoms with E-state index in [0.717, 1.165) is 11.3 Å². The minimum absolute atomic E-state index is 0.0911. The number of para-hydroxylation sites is 1. The maximum atomic E-state index is 12.7. The number of nitrogens with two attached hydrogens (primary N) is 2. The normalized spacial score (nSPS) is 13.8. The van der Waals surface area contributed by atoms with Gasteiger partial charge in [-0.1, -0.05) is 32.0 Å². The molecule has 2 aromatic heterocycles. The number of thiazole rings is 1. The van der Waals surface area contributed by atoms with E-state index < -0.39 is 7.52 Å². The summed E-state index contributed by atoms with van der Waals surface area (Å²) in [6.45, 7) is 4.24. The fourth-order valence-electron chi connectivity index (χ4n) is 2.38.